The molecule has 4 nitrogen and oxygen atoms in total. The Bertz CT molecular complexity index is 266. The van der Waals surface area contributed by atoms with E-state index in [1.165, 1.54) is 12.8 Å². The van der Waals surface area contributed by atoms with Crippen LogP contribution in [0.3, 0.4) is 0 Å². The van der Waals surface area contributed by atoms with Crippen molar-refractivity contribution in [3.8, 4) is 0 Å². The van der Waals surface area contributed by atoms with Gasteiger partial charge < -0.3 is 15.0 Å². The monoisotopic (exact) mass is 240 g/mol. The van der Waals surface area contributed by atoms with Crippen LogP contribution >= 0.6 is 0 Å². The Kier molecular flexibility index (Phi) is 4.40. The van der Waals surface area contributed by atoms with Crippen LogP contribution in [0.2, 0.25) is 0 Å². The number of nitrogens with zero attached hydrogens (tertiary/aromatic N) is 1. The second-order valence-corrected chi connectivity index (χ2v) is 5.23. The van der Waals surface area contributed by atoms with Crippen molar-refractivity contribution in [2.75, 3.05) is 26.7 Å². The summed E-state index contributed by atoms with van der Waals surface area (Å²) in [7, 11) is 1.91. The van der Waals surface area contributed by atoms with Crippen LogP contribution in [0.25, 0.3) is 0 Å². The third-order valence-electron chi connectivity index (χ3n) is 3.92. The fourth-order valence-electron chi connectivity index (χ4n) is 2.53. The molecular weight excluding hydrogens is 216 g/mol. The Morgan fingerprint density at radius 2 is 2.18 bits per heavy atom. The molecule has 0 aromatic heterocycles. The number of likely N-dealkylation sites (N-methyl/N-ethyl adjacent to an activating group) is 1. The minimum atomic E-state index is 0.222. The maximum absolute atomic E-state index is 11.8. The summed E-state index contributed by atoms with van der Waals surface area (Å²) < 4.78 is 5.63. The van der Waals surface area contributed by atoms with Crippen molar-refractivity contribution in [2.24, 2.45) is 5.92 Å². The number of hydrogen-bond donors (Lipinski definition) is 1. The van der Waals surface area contributed by atoms with Crippen molar-refractivity contribution >= 4 is 5.91 Å². The predicted molar refractivity (Wildman–Crippen MR) is 66.8 cm³/mol. The van der Waals surface area contributed by atoms with E-state index in [-0.39, 0.29) is 5.91 Å². The SMILES string of the molecule is CCC1OCCC1CNCC(=O)N(C)C1CC1. The van der Waals surface area contributed by atoms with Crippen LogP contribution in [0.1, 0.15) is 32.6 Å². The molecule has 1 amide bonds. The highest BCUT2D eigenvalue weighted by Gasteiger charge is 2.30. The summed E-state index contributed by atoms with van der Waals surface area (Å²) in [5, 5.41) is 3.28. The first-order valence-corrected chi connectivity index (χ1v) is 6.80. The summed E-state index contributed by atoms with van der Waals surface area (Å²) in [4.78, 5) is 13.7. The molecule has 1 saturated carbocycles. The van der Waals surface area contributed by atoms with Gasteiger partial charge in [0.25, 0.3) is 0 Å². The van der Waals surface area contributed by atoms with E-state index >= 15 is 0 Å². The van der Waals surface area contributed by atoms with Crippen LogP contribution in [0, 0.1) is 5.92 Å². The van der Waals surface area contributed by atoms with Crippen LogP contribution in [0.4, 0.5) is 0 Å². The minimum absolute atomic E-state index is 0.222. The van der Waals surface area contributed by atoms with E-state index in [1.54, 1.807) is 0 Å². The summed E-state index contributed by atoms with van der Waals surface area (Å²) in [6.45, 7) is 4.42. The van der Waals surface area contributed by atoms with E-state index in [4.69, 9.17) is 4.74 Å². The highest BCUT2D eigenvalue weighted by atomic mass is 16.5. The van der Waals surface area contributed by atoms with Gasteiger partial charge in [-0.3, -0.25) is 4.79 Å². The lowest BCUT2D eigenvalue weighted by atomic mass is 10.00. The lowest BCUT2D eigenvalue weighted by Gasteiger charge is -2.19. The number of ether oxygens (including phenoxy) is 1. The van der Waals surface area contributed by atoms with Gasteiger partial charge in [-0.2, -0.15) is 0 Å². The van der Waals surface area contributed by atoms with Crippen LogP contribution in [-0.2, 0) is 9.53 Å². The van der Waals surface area contributed by atoms with Gasteiger partial charge in [-0.15, -0.1) is 0 Å². The van der Waals surface area contributed by atoms with Gasteiger partial charge in [0.05, 0.1) is 12.6 Å². The summed E-state index contributed by atoms with van der Waals surface area (Å²) in [6, 6.07) is 0.516. The third-order valence-corrected chi connectivity index (χ3v) is 3.92. The molecule has 2 aliphatic rings. The molecule has 1 aliphatic heterocycles. The van der Waals surface area contributed by atoms with E-state index in [0.717, 1.165) is 26.0 Å². The molecule has 0 aromatic rings. The number of rotatable bonds is 6. The second kappa shape index (κ2) is 5.83. The largest absolute Gasteiger partial charge is 0.378 e. The molecule has 1 saturated heterocycles. The zero-order valence-corrected chi connectivity index (χ0v) is 10.9. The van der Waals surface area contributed by atoms with Crippen molar-refractivity contribution in [1.29, 1.82) is 0 Å². The summed E-state index contributed by atoms with van der Waals surface area (Å²) in [6.07, 6.45) is 4.94. The van der Waals surface area contributed by atoms with Crippen molar-refractivity contribution in [3.05, 3.63) is 0 Å². The number of nitrogens with one attached hydrogen (secondary N) is 1. The van der Waals surface area contributed by atoms with E-state index in [9.17, 15) is 4.79 Å². The van der Waals surface area contributed by atoms with Crippen molar-refractivity contribution < 1.29 is 9.53 Å². The number of hydrogen-bond acceptors (Lipinski definition) is 3. The summed E-state index contributed by atoms with van der Waals surface area (Å²) in [5.41, 5.74) is 0. The molecule has 1 heterocycles. The van der Waals surface area contributed by atoms with Gasteiger partial charge in [0.1, 0.15) is 0 Å². The summed E-state index contributed by atoms with van der Waals surface area (Å²) >= 11 is 0. The zero-order valence-electron chi connectivity index (χ0n) is 10.9. The van der Waals surface area contributed by atoms with Gasteiger partial charge in [0, 0.05) is 26.2 Å². The van der Waals surface area contributed by atoms with E-state index < -0.39 is 0 Å². The Morgan fingerprint density at radius 3 is 2.82 bits per heavy atom. The average molecular weight is 240 g/mol. The Hall–Kier alpha value is -0.610. The molecule has 2 atom stereocenters. The van der Waals surface area contributed by atoms with E-state index in [2.05, 4.69) is 12.2 Å². The van der Waals surface area contributed by atoms with Gasteiger partial charge >= 0.3 is 0 Å². The molecule has 17 heavy (non-hydrogen) atoms. The first-order valence-electron chi connectivity index (χ1n) is 6.80. The molecule has 1 N–H and O–H groups in total. The van der Waals surface area contributed by atoms with Crippen LogP contribution < -0.4 is 5.32 Å². The van der Waals surface area contributed by atoms with Gasteiger partial charge in [-0.25, -0.2) is 0 Å². The molecule has 0 aromatic carbocycles. The fraction of sp³-hybridized carbons (Fsp3) is 0.923. The molecular formula is C13H24N2O2. The van der Waals surface area contributed by atoms with Gasteiger partial charge in [0.2, 0.25) is 5.91 Å². The van der Waals surface area contributed by atoms with Gasteiger partial charge in [0.15, 0.2) is 0 Å². The Balaban J connectivity index is 1.63. The van der Waals surface area contributed by atoms with Crippen LogP contribution in [-0.4, -0.2) is 49.7 Å². The quantitative estimate of drug-likeness (QED) is 0.753. The van der Waals surface area contributed by atoms with Crippen molar-refractivity contribution in [1.82, 2.24) is 10.2 Å². The van der Waals surface area contributed by atoms with Crippen molar-refractivity contribution in [2.45, 2.75) is 44.8 Å². The van der Waals surface area contributed by atoms with E-state index in [0.29, 0.717) is 24.6 Å². The molecule has 2 rings (SSSR count). The first kappa shape index (κ1) is 12.8. The fourth-order valence-corrected chi connectivity index (χ4v) is 2.53. The van der Waals surface area contributed by atoms with Gasteiger partial charge in [-0.1, -0.05) is 6.92 Å². The lowest BCUT2D eigenvalue weighted by molar-refractivity contribution is -0.129. The molecule has 0 bridgehead atoms. The first-order chi connectivity index (χ1) is 8.22. The number of carbonyl (C=O) groups is 1. The topological polar surface area (TPSA) is 41.6 Å². The highest BCUT2D eigenvalue weighted by molar-refractivity contribution is 5.78. The molecule has 1 aliphatic carbocycles. The van der Waals surface area contributed by atoms with Crippen LogP contribution in [0.5, 0.6) is 0 Å². The maximum atomic E-state index is 11.8. The Morgan fingerprint density at radius 1 is 1.41 bits per heavy atom. The third kappa shape index (κ3) is 3.42. The van der Waals surface area contributed by atoms with Crippen molar-refractivity contribution in [3.63, 3.8) is 0 Å². The molecule has 2 unspecified atom stereocenters. The lowest BCUT2D eigenvalue weighted by Crippen LogP contribution is -2.39. The highest BCUT2D eigenvalue weighted by Crippen LogP contribution is 2.25. The normalized spacial score (nSPS) is 28.4. The Labute approximate surface area is 104 Å². The average Bonchev–Trinajstić information content (AvgIpc) is 3.08. The standard InChI is InChI=1S/C13H24N2O2/c1-3-12-10(6-7-17-12)8-14-9-13(16)15(2)11-4-5-11/h10-12,14H,3-9H2,1-2H3. The maximum Gasteiger partial charge on any atom is 0.236 e. The van der Waals surface area contributed by atoms with Crippen LogP contribution in [0.15, 0.2) is 0 Å². The predicted octanol–water partition coefficient (Wildman–Crippen LogP) is 1.01. The summed E-state index contributed by atoms with van der Waals surface area (Å²) in [5.74, 6) is 0.804. The molecule has 0 spiro atoms. The number of amides is 1. The molecule has 4 heteroatoms. The minimum Gasteiger partial charge on any atom is -0.378 e. The molecule has 0 radical (unpaired) electrons. The molecule has 2 fully saturated rings. The zero-order chi connectivity index (χ0) is 12.3. The molecule has 98 valence electrons. The smallest absolute Gasteiger partial charge is 0.236 e. The van der Waals surface area contributed by atoms with E-state index in [1.807, 2.05) is 11.9 Å². The second-order valence-electron chi connectivity index (χ2n) is 5.23. The van der Waals surface area contributed by atoms with Gasteiger partial charge in [-0.05, 0) is 31.6 Å². The number of carbonyl (C=O) groups excluding carboxylic acids is 1.